The third kappa shape index (κ3) is 3.72. The van der Waals surface area contributed by atoms with Gasteiger partial charge in [0.25, 0.3) is 5.90 Å². The van der Waals surface area contributed by atoms with Crippen molar-refractivity contribution in [2.75, 3.05) is 20.3 Å². The van der Waals surface area contributed by atoms with E-state index >= 15 is 0 Å². The van der Waals surface area contributed by atoms with Crippen LogP contribution >= 0.6 is 11.6 Å². The van der Waals surface area contributed by atoms with E-state index in [2.05, 4.69) is 20.3 Å². The van der Waals surface area contributed by atoms with Crippen LogP contribution in [-0.4, -0.2) is 41.9 Å². The summed E-state index contributed by atoms with van der Waals surface area (Å²) < 4.78 is 11.2. The van der Waals surface area contributed by atoms with E-state index in [-0.39, 0.29) is 17.1 Å². The van der Waals surface area contributed by atoms with Gasteiger partial charge >= 0.3 is 6.01 Å². The molecule has 3 rings (SSSR count). The maximum atomic E-state index is 5.85. The number of nitrogens with zero attached hydrogens (tertiary/aromatic N) is 4. The fourth-order valence-corrected chi connectivity index (χ4v) is 2.06. The predicted molar refractivity (Wildman–Crippen MR) is 86.4 cm³/mol. The van der Waals surface area contributed by atoms with Gasteiger partial charge in [0, 0.05) is 6.20 Å². The van der Waals surface area contributed by atoms with Crippen molar-refractivity contribution in [2.45, 2.75) is 0 Å². The number of oxime groups is 2. The van der Waals surface area contributed by atoms with E-state index in [1.165, 1.54) is 13.3 Å². The largest absolute Gasteiger partial charge is 0.470 e. The molecule has 2 heterocycles. The molecule has 0 aliphatic carbocycles. The molecule has 24 heavy (non-hydrogen) atoms. The van der Waals surface area contributed by atoms with Crippen molar-refractivity contribution in [3.8, 4) is 11.8 Å². The van der Waals surface area contributed by atoms with E-state index < -0.39 is 0 Å². The average Bonchev–Trinajstić information content (AvgIpc) is 2.61. The molecule has 0 unspecified atom stereocenters. The third-order valence-corrected chi connectivity index (χ3v) is 3.10. The molecule has 0 amide bonds. The second kappa shape index (κ2) is 7.60. The standard InChI is InChI=1S/C15H13ClN4O4/c1-21-19-13(14-20-23-9-8-22-14)10-4-2-3-5-11(10)24-15-17-7-6-12(16)18-15/h2-7H,8-9H2,1H3/b19-13+. The molecule has 1 aromatic carbocycles. The third-order valence-electron chi connectivity index (χ3n) is 2.89. The molecule has 0 radical (unpaired) electrons. The number of rotatable bonds is 5. The number of ether oxygens (including phenoxy) is 2. The minimum absolute atomic E-state index is 0.106. The van der Waals surface area contributed by atoms with Crippen molar-refractivity contribution >= 4 is 23.2 Å². The number of halogens is 1. The average molecular weight is 349 g/mol. The van der Waals surface area contributed by atoms with E-state index in [0.29, 0.717) is 30.2 Å². The molecular weight excluding hydrogens is 336 g/mol. The van der Waals surface area contributed by atoms with E-state index in [4.69, 9.17) is 30.7 Å². The zero-order valence-electron chi connectivity index (χ0n) is 12.7. The van der Waals surface area contributed by atoms with Gasteiger partial charge in [0.1, 0.15) is 24.6 Å². The Bertz CT molecular complexity index is 782. The first-order chi connectivity index (χ1) is 11.8. The maximum absolute atomic E-state index is 5.85. The van der Waals surface area contributed by atoms with Crippen LogP contribution in [0, 0.1) is 0 Å². The monoisotopic (exact) mass is 348 g/mol. The highest BCUT2D eigenvalue weighted by atomic mass is 35.5. The molecule has 9 heteroatoms. The van der Waals surface area contributed by atoms with E-state index in [0.717, 1.165) is 0 Å². The number of aromatic nitrogens is 2. The highest BCUT2D eigenvalue weighted by Crippen LogP contribution is 2.25. The molecule has 0 atom stereocenters. The van der Waals surface area contributed by atoms with Crippen LogP contribution in [0.1, 0.15) is 5.56 Å². The van der Waals surface area contributed by atoms with Gasteiger partial charge in [-0.1, -0.05) is 28.9 Å². The number of para-hydroxylation sites is 1. The van der Waals surface area contributed by atoms with Gasteiger partial charge in [-0.25, -0.2) is 4.98 Å². The minimum atomic E-state index is 0.106. The van der Waals surface area contributed by atoms with Gasteiger partial charge in [0.2, 0.25) is 0 Å². The van der Waals surface area contributed by atoms with Gasteiger partial charge < -0.3 is 19.1 Å². The van der Waals surface area contributed by atoms with Crippen LogP contribution in [0.3, 0.4) is 0 Å². The van der Waals surface area contributed by atoms with Crippen LogP contribution in [0.5, 0.6) is 11.8 Å². The van der Waals surface area contributed by atoms with Crippen LogP contribution in [0.25, 0.3) is 0 Å². The SMILES string of the molecule is CO/N=C(/C1=NOCCO1)c1ccccc1Oc1nccc(Cl)n1. The molecule has 1 aliphatic rings. The Balaban J connectivity index is 1.97. The molecule has 2 aromatic rings. The lowest BCUT2D eigenvalue weighted by Gasteiger charge is -2.16. The second-order valence-electron chi connectivity index (χ2n) is 4.46. The Labute approximate surface area is 142 Å². The van der Waals surface area contributed by atoms with Crippen LogP contribution in [-0.2, 0) is 14.4 Å². The molecule has 1 aromatic heterocycles. The molecule has 1 aliphatic heterocycles. The molecule has 0 saturated heterocycles. The van der Waals surface area contributed by atoms with Crippen LogP contribution < -0.4 is 4.74 Å². The van der Waals surface area contributed by atoms with Crippen molar-refractivity contribution in [3.63, 3.8) is 0 Å². The topological polar surface area (TPSA) is 87.4 Å². The fraction of sp³-hybridized carbons (Fsp3) is 0.200. The van der Waals surface area contributed by atoms with Crippen molar-refractivity contribution < 1.29 is 19.1 Å². The quantitative estimate of drug-likeness (QED) is 0.469. The first kappa shape index (κ1) is 16.0. The Morgan fingerprint density at radius 3 is 2.88 bits per heavy atom. The summed E-state index contributed by atoms with van der Waals surface area (Å²) in [6.07, 6.45) is 1.50. The van der Waals surface area contributed by atoms with Gasteiger partial charge in [-0.3, -0.25) is 0 Å². The summed E-state index contributed by atoms with van der Waals surface area (Å²) in [7, 11) is 1.42. The van der Waals surface area contributed by atoms with Crippen LogP contribution in [0.4, 0.5) is 0 Å². The van der Waals surface area contributed by atoms with Crippen LogP contribution in [0.15, 0.2) is 46.8 Å². The molecule has 0 fully saturated rings. The first-order valence-corrected chi connectivity index (χ1v) is 7.36. The molecular formula is C15H13ClN4O4. The lowest BCUT2D eigenvalue weighted by molar-refractivity contribution is 0.0672. The van der Waals surface area contributed by atoms with Gasteiger partial charge in [-0.05, 0) is 23.4 Å². The van der Waals surface area contributed by atoms with Gasteiger partial charge in [0.15, 0.2) is 12.3 Å². The highest BCUT2D eigenvalue weighted by Gasteiger charge is 2.22. The second-order valence-corrected chi connectivity index (χ2v) is 4.85. The lowest BCUT2D eigenvalue weighted by Crippen LogP contribution is -2.25. The molecule has 0 spiro atoms. The molecule has 0 bridgehead atoms. The molecule has 0 N–H and O–H groups in total. The summed E-state index contributed by atoms with van der Waals surface area (Å²) in [5, 5.41) is 8.11. The Morgan fingerprint density at radius 2 is 2.12 bits per heavy atom. The molecule has 8 nitrogen and oxygen atoms in total. The zero-order chi connectivity index (χ0) is 16.8. The Hall–Kier alpha value is -2.87. The summed E-state index contributed by atoms with van der Waals surface area (Å²) in [5.74, 6) is 0.638. The van der Waals surface area contributed by atoms with Crippen LogP contribution in [0.2, 0.25) is 5.15 Å². The van der Waals surface area contributed by atoms with Crippen molar-refractivity contribution in [3.05, 3.63) is 47.2 Å². The number of hydrogen-bond donors (Lipinski definition) is 0. The van der Waals surface area contributed by atoms with E-state index in [1.54, 1.807) is 24.3 Å². The molecule has 0 saturated carbocycles. The first-order valence-electron chi connectivity index (χ1n) is 6.98. The summed E-state index contributed by atoms with van der Waals surface area (Å²) in [4.78, 5) is 18.0. The lowest BCUT2D eigenvalue weighted by atomic mass is 10.1. The smallest absolute Gasteiger partial charge is 0.323 e. The van der Waals surface area contributed by atoms with Crippen molar-refractivity contribution in [1.82, 2.24) is 9.97 Å². The Morgan fingerprint density at radius 1 is 1.25 bits per heavy atom. The summed E-state index contributed by atoms with van der Waals surface area (Å²) >= 11 is 5.85. The maximum Gasteiger partial charge on any atom is 0.323 e. The normalized spacial score (nSPS) is 14.2. The number of hydrogen-bond acceptors (Lipinski definition) is 8. The van der Waals surface area contributed by atoms with E-state index in [1.807, 2.05) is 6.07 Å². The zero-order valence-corrected chi connectivity index (χ0v) is 13.4. The highest BCUT2D eigenvalue weighted by molar-refractivity contribution is 6.45. The Kier molecular flexibility index (Phi) is 5.07. The van der Waals surface area contributed by atoms with Crippen molar-refractivity contribution in [1.29, 1.82) is 0 Å². The fourth-order valence-electron chi connectivity index (χ4n) is 1.93. The molecule has 124 valence electrons. The van der Waals surface area contributed by atoms with Gasteiger partial charge in [-0.2, -0.15) is 4.98 Å². The summed E-state index contributed by atoms with van der Waals surface area (Å²) in [6.45, 7) is 0.736. The predicted octanol–water partition coefficient (Wildman–Crippen LogP) is 2.63. The minimum Gasteiger partial charge on any atom is -0.470 e. The van der Waals surface area contributed by atoms with Gasteiger partial charge in [0.05, 0.1) is 5.56 Å². The van der Waals surface area contributed by atoms with E-state index in [9.17, 15) is 0 Å². The number of benzene rings is 1. The summed E-state index contributed by atoms with van der Waals surface area (Å²) in [5.41, 5.74) is 0.905. The van der Waals surface area contributed by atoms with Gasteiger partial charge in [-0.15, -0.1) is 0 Å². The summed E-state index contributed by atoms with van der Waals surface area (Å²) in [6, 6.07) is 8.78. The van der Waals surface area contributed by atoms with Crippen molar-refractivity contribution in [2.24, 2.45) is 10.3 Å².